The van der Waals surface area contributed by atoms with Crippen molar-refractivity contribution in [2.75, 3.05) is 17.7 Å². The molecule has 0 unspecified atom stereocenters. The van der Waals surface area contributed by atoms with Gasteiger partial charge in [0.15, 0.2) is 6.61 Å². The van der Waals surface area contributed by atoms with Crippen LogP contribution in [0, 0.1) is 0 Å². The molecule has 0 saturated heterocycles. The highest BCUT2D eigenvalue weighted by molar-refractivity contribution is 5.95. The van der Waals surface area contributed by atoms with Crippen molar-refractivity contribution in [3.8, 4) is 5.75 Å². The summed E-state index contributed by atoms with van der Waals surface area (Å²) in [6.07, 6.45) is 1.82. The topological polar surface area (TPSA) is 117 Å². The van der Waals surface area contributed by atoms with Crippen LogP contribution in [0.1, 0.15) is 5.56 Å². The molecule has 0 aliphatic carbocycles. The van der Waals surface area contributed by atoms with E-state index in [0.29, 0.717) is 17.1 Å². The molecule has 2 aromatic carbocycles. The van der Waals surface area contributed by atoms with E-state index >= 15 is 0 Å². The van der Waals surface area contributed by atoms with Gasteiger partial charge in [-0.05, 0) is 29.8 Å². The molecule has 0 saturated carbocycles. The summed E-state index contributed by atoms with van der Waals surface area (Å²) in [5.74, 6) is -0.276. The molecule has 0 radical (unpaired) electrons. The number of nitrogens with one attached hydrogen (secondary N) is 2. The standard InChI is InChI=1S/C10H9NO2.C8H8N2O2/c12-10(13)5-7-6-11-9-4-2-1-3-8(7)9;9-5-1-2-7-6(3-5)10-8(11)4-12-7/h1-4,6,11H,5H2,(H,12,13);1-3H,4,9H2,(H,10,11). The Labute approximate surface area is 143 Å². The van der Waals surface area contributed by atoms with E-state index < -0.39 is 5.97 Å². The highest BCUT2D eigenvalue weighted by Crippen LogP contribution is 2.28. The number of carboxylic acids is 1. The van der Waals surface area contributed by atoms with Crippen LogP contribution in [-0.2, 0) is 16.0 Å². The molecular weight excluding hydrogens is 322 g/mol. The van der Waals surface area contributed by atoms with Gasteiger partial charge in [0.1, 0.15) is 5.75 Å². The smallest absolute Gasteiger partial charge is 0.307 e. The molecule has 2 heterocycles. The summed E-state index contributed by atoms with van der Waals surface area (Å²) in [7, 11) is 0. The van der Waals surface area contributed by atoms with E-state index in [-0.39, 0.29) is 18.9 Å². The fourth-order valence-corrected chi connectivity index (χ4v) is 2.54. The first-order valence-electron chi connectivity index (χ1n) is 7.62. The number of carbonyl (C=O) groups excluding carboxylic acids is 1. The van der Waals surface area contributed by atoms with Crippen molar-refractivity contribution in [1.29, 1.82) is 0 Å². The molecule has 1 amide bonds. The number of amides is 1. The zero-order chi connectivity index (χ0) is 17.8. The van der Waals surface area contributed by atoms with Crippen molar-refractivity contribution in [1.82, 2.24) is 4.98 Å². The fraction of sp³-hybridized carbons (Fsp3) is 0.111. The number of hydrogen-bond donors (Lipinski definition) is 4. The third kappa shape index (κ3) is 3.89. The van der Waals surface area contributed by atoms with Gasteiger partial charge in [0.25, 0.3) is 5.91 Å². The average molecular weight is 339 g/mol. The number of aromatic amines is 1. The maximum atomic E-state index is 10.9. The Hall–Kier alpha value is -3.48. The second kappa shape index (κ2) is 6.96. The third-order valence-corrected chi connectivity index (χ3v) is 3.65. The van der Waals surface area contributed by atoms with E-state index in [9.17, 15) is 9.59 Å². The molecule has 0 bridgehead atoms. The van der Waals surface area contributed by atoms with Gasteiger partial charge in [-0.3, -0.25) is 9.59 Å². The molecule has 5 N–H and O–H groups in total. The monoisotopic (exact) mass is 339 g/mol. The first kappa shape index (κ1) is 16.4. The zero-order valence-corrected chi connectivity index (χ0v) is 13.3. The van der Waals surface area contributed by atoms with Crippen LogP contribution in [-0.4, -0.2) is 28.6 Å². The predicted octanol–water partition coefficient (Wildman–Crippen LogP) is 2.39. The lowest BCUT2D eigenvalue weighted by atomic mass is 10.1. The van der Waals surface area contributed by atoms with Crippen molar-refractivity contribution < 1.29 is 19.4 Å². The van der Waals surface area contributed by atoms with Crippen molar-refractivity contribution >= 4 is 34.2 Å². The number of aliphatic carboxylic acids is 1. The van der Waals surface area contributed by atoms with Gasteiger partial charge in [0.2, 0.25) is 0 Å². The van der Waals surface area contributed by atoms with Crippen LogP contribution in [0.15, 0.2) is 48.7 Å². The largest absolute Gasteiger partial charge is 0.482 e. The minimum absolute atomic E-state index is 0.0734. The number of benzene rings is 2. The highest BCUT2D eigenvalue weighted by Gasteiger charge is 2.14. The Balaban J connectivity index is 0.000000146. The summed E-state index contributed by atoms with van der Waals surface area (Å²) in [6.45, 7) is 0.0803. The van der Waals surface area contributed by atoms with Gasteiger partial charge in [-0.2, -0.15) is 0 Å². The van der Waals surface area contributed by atoms with Gasteiger partial charge in [0, 0.05) is 22.8 Å². The van der Waals surface area contributed by atoms with Crippen LogP contribution in [0.5, 0.6) is 5.75 Å². The van der Waals surface area contributed by atoms with Crippen molar-refractivity contribution in [3.63, 3.8) is 0 Å². The second-order valence-corrected chi connectivity index (χ2v) is 5.52. The lowest BCUT2D eigenvalue weighted by Gasteiger charge is -2.17. The number of carbonyl (C=O) groups is 2. The van der Waals surface area contributed by atoms with E-state index in [0.717, 1.165) is 16.5 Å². The Bertz CT molecular complexity index is 933. The number of rotatable bonds is 2. The normalized spacial score (nSPS) is 12.4. The van der Waals surface area contributed by atoms with Crippen molar-refractivity contribution in [3.05, 3.63) is 54.2 Å². The SMILES string of the molecule is Nc1ccc2c(c1)NC(=O)CO2.O=C(O)Cc1c[nH]c2ccccc12. The van der Waals surface area contributed by atoms with E-state index in [2.05, 4.69) is 10.3 Å². The summed E-state index contributed by atoms with van der Waals surface area (Å²) < 4.78 is 5.12. The van der Waals surface area contributed by atoms with Crippen molar-refractivity contribution in [2.45, 2.75) is 6.42 Å². The Morgan fingerprint density at radius 3 is 2.84 bits per heavy atom. The van der Waals surface area contributed by atoms with Crippen LogP contribution in [0.2, 0.25) is 0 Å². The second-order valence-electron chi connectivity index (χ2n) is 5.52. The number of H-pyrrole nitrogens is 1. The number of nitrogens with two attached hydrogens (primary N) is 1. The Morgan fingerprint density at radius 1 is 1.24 bits per heavy atom. The van der Waals surface area contributed by atoms with E-state index in [1.165, 1.54) is 0 Å². The molecule has 4 rings (SSSR count). The number of hydrogen-bond acceptors (Lipinski definition) is 4. The Morgan fingerprint density at radius 2 is 2.04 bits per heavy atom. The summed E-state index contributed by atoms with van der Waals surface area (Å²) in [4.78, 5) is 24.4. The lowest BCUT2D eigenvalue weighted by Crippen LogP contribution is -2.25. The van der Waals surface area contributed by atoms with Gasteiger partial charge in [-0.25, -0.2) is 0 Å². The molecule has 128 valence electrons. The molecule has 25 heavy (non-hydrogen) atoms. The molecule has 0 spiro atoms. The average Bonchev–Trinajstić information content (AvgIpc) is 2.98. The van der Waals surface area contributed by atoms with Gasteiger partial charge >= 0.3 is 5.97 Å². The lowest BCUT2D eigenvalue weighted by molar-refractivity contribution is -0.136. The minimum atomic E-state index is -0.801. The maximum Gasteiger partial charge on any atom is 0.307 e. The molecular formula is C18H17N3O4. The first-order valence-corrected chi connectivity index (χ1v) is 7.62. The quantitative estimate of drug-likeness (QED) is 0.535. The summed E-state index contributed by atoms with van der Waals surface area (Å²) in [6, 6.07) is 12.8. The van der Waals surface area contributed by atoms with E-state index in [1.807, 2.05) is 24.3 Å². The van der Waals surface area contributed by atoms with Crippen LogP contribution < -0.4 is 15.8 Å². The minimum Gasteiger partial charge on any atom is -0.482 e. The highest BCUT2D eigenvalue weighted by atomic mass is 16.5. The first-order chi connectivity index (χ1) is 12.0. The molecule has 1 aromatic heterocycles. The maximum absolute atomic E-state index is 10.9. The van der Waals surface area contributed by atoms with E-state index in [4.69, 9.17) is 15.6 Å². The number of carboxylic acid groups (broad SMARTS) is 1. The fourth-order valence-electron chi connectivity index (χ4n) is 2.54. The van der Waals surface area contributed by atoms with Gasteiger partial charge in [0.05, 0.1) is 12.1 Å². The van der Waals surface area contributed by atoms with Crippen LogP contribution in [0.25, 0.3) is 10.9 Å². The van der Waals surface area contributed by atoms with Crippen LogP contribution in [0.3, 0.4) is 0 Å². The Kier molecular flexibility index (Phi) is 4.56. The van der Waals surface area contributed by atoms with E-state index in [1.54, 1.807) is 24.4 Å². The van der Waals surface area contributed by atoms with Gasteiger partial charge in [-0.15, -0.1) is 0 Å². The summed E-state index contributed by atoms with van der Waals surface area (Å²) >= 11 is 0. The third-order valence-electron chi connectivity index (χ3n) is 3.65. The number of para-hydroxylation sites is 1. The van der Waals surface area contributed by atoms with Crippen molar-refractivity contribution in [2.24, 2.45) is 0 Å². The molecule has 7 heteroatoms. The number of anilines is 2. The molecule has 1 aliphatic rings. The predicted molar refractivity (Wildman–Crippen MR) is 94.6 cm³/mol. The molecule has 3 aromatic rings. The molecule has 1 aliphatic heterocycles. The number of ether oxygens (including phenoxy) is 1. The van der Waals surface area contributed by atoms with Gasteiger partial charge in [-0.1, -0.05) is 18.2 Å². The number of aromatic nitrogens is 1. The number of fused-ring (bicyclic) bond motifs is 2. The van der Waals surface area contributed by atoms with Gasteiger partial charge < -0.3 is 25.9 Å². The molecule has 0 fully saturated rings. The molecule has 7 nitrogen and oxygen atoms in total. The summed E-state index contributed by atoms with van der Waals surface area (Å²) in [5, 5.41) is 12.3. The summed E-state index contributed by atoms with van der Waals surface area (Å²) in [5.41, 5.74) is 8.60. The molecule has 0 atom stereocenters. The van der Waals surface area contributed by atoms with Crippen LogP contribution in [0.4, 0.5) is 11.4 Å². The zero-order valence-electron chi connectivity index (χ0n) is 13.3. The van der Waals surface area contributed by atoms with Crippen LogP contribution >= 0.6 is 0 Å². The number of nitrogen functional groups attached to an aromatic ring is 1.